The van der Waals surface area contributed by atoms with Crippen LogP contribution in [0.25, 0.3) is 0 Å². The molecule has 0 heterocycles. The summed E-state index contributed by atoms with van der Waals surface area (Å²) in [7, 11) is 0. The number of rotatable bonds is 5. The predicted molar refractivity (Wildman–Crippen MR) is 68.7 cm³/mol. The average molecular weight is 236 g/mol. The second-order valence-electron chi connectivity index (χ2n) is 4.59. The Kier molecular flexibility index (Phi) is 4.82. The van der Waals surface area contributed by atoms with Crippen molar-refractivity contribution in [2.24, 2.45) is 5.92 Å². The van der Waals surface area contributed by atoms with Gasteiger partial charge in [-0.15, -0.1) is 0 Å². The summed E-state index contributed by atoms with van der Waals surface area (Å²) in [6.07, 6.45) is 1.07. The predicted octanol–water partition coefficient (Wildman–Crippen LogP) is 1.68. The van der Waals surface area contributed by atoms with Gasteiger partial charge in [0.05, 0.1) is 5.69 Å². The molecule has 4 heteroatoms. The van der Waals surface area contributed by atoms with Gasteiger partial charge in [0.25, 0.3) is 0 Å². The molecule has 0 spiro atoms. The van der Waals surface area contributed by atoms with Crippen LogP contribution in [-0.2, 0) is 11.2 Å². The van der Waals surface area contributed by atoms with Gasteiger partial charge in [0.2, 0.25) is 5.91 Å². The van der Waals surface area contributed by atoms with E-state index >= 15 is 0 Å². The maximum Gasteiger partial charge on any atom is 0.220 e. The number of nitrogens with two attached hydrogens (primary N) is 1. The zero-order valence-corrected chi connectivity index (χ0v) is 10.4. The number of hydrogen-bond acceptors (Lipinski definition) is 3. The van der Waals surface area contributed by atoms with Crippen molar-refractivity contribution in [3.05, 3.63) is 23.8 Å². The summed E-state index contributed by atoms with van der Waals surface area (Å²) >= 11 is 0. The van der Waals surface area contributed by atoms with Crippen LogP contribution in [0.2, 0.25) is 0 Å². The van der Waals surface area contributed by atoms with Crippen LogP contribution in [0.1, 0.15) is 25.8 Å². The molecule has 0 saturated heterocycles. The Labute approximate surface area is 102 Å². The first-order valence-corrected chi connectivity index (χ1v) is 5.83. The average Bonchev–Trinajstić information content (AvgIpc) is 2.28. The first-order valence-electron chi connectivity index (χ1n) is 5.83. The number of phenols is 1. The quantitative estimate of drug-likeness (QED) is 0.538. The molecular formula is C13H20N2O2. The molecular weight excluding hydrogens is 216 g/mol. The topological polar surface area (TPSA) is 75.3 Å². The second kappa shape index (κ2) is 6.13. The molecule has 0 aliphatic rings. The molecule has 1 aromatic carbocycles. The lowest BCUT2D eigenvalue weighted by molar-refractivity contribution is -0.121. The molecule has 94 valence electrons. The lowest BCUT2D eigenvalue weighted by Gasteiger charge is -2.08. The minimum absolute atomic E-state index is 0.0466. The van der Waals surface area contributed by atoms with Crippen molar-refractivity contribution in [1.82, 2.24) is 5.32 Å². The number of nitrogens with one attached hydrogen (secondary N) is 1. The minimum atomic E-state index is 0.0466. The Balaban J connectivity index is 2.39. The Bertz CT molecular complexity index is 389. The highest BCUT2D eigenvalue weighted by Gasteiger charge is 2.04. The number of benzene rings is 1. The van der Waals surface area contributed by atoms with Gasteiger partial charge in [0.1, 0.15) is 5.75 Å². The van der Waals surface area contributed by atoms with E-state index in [4.69, 9.17) is 5.73 Å². The normalized spacial score (nSPS) is 10.5. The molecule has 4 nitrogen and oxygen atoms in total. The van der Waals surface area contributed by atoms with Crippen molar-refractivity contribution < 1.29 is 9.90 Å². The Morgan fingerprint density at radius 1 is 1.47 bits per heavy atom. The number of nitrogen functional groups attached to an aromatic ring is 1. The van der Waals surface area contributed by atoms with Gasteiger partial charge in [-0.05, 0) is 30.0 Å². The first-order chi connectivity index (χ1) is 7.99. The number of hydrogen-bond donors (Lipinski definition) is 3. The van der Waals surface area contributed by atoms with E-state index in [2.05, 4.69) is 19.2 Å². The number of carbonyl (C=O) groups is 1. The highest BCUT2D eigenvalue weighted by molar-refractivity contribution is 5.76. The van der Waals surface area contributed by atoms with Crippen molar-refractivity contribution in [1.29, 1.82) is 0 Å². The molecule has 17 heavy (non-hydrogen) atoms. The van der Waals surface area contributed by atoms with Crippen LogP contribution in [0.5, 0.6) is 5.75 Å². The van der Waals surface area contributed by atoms with Crippen molar-refractivity contribution >= 4 is 11.6 Å². The van der Waals surface area contributed by atoms with Gasteiger partial charge >= 0.3 is 0 Å². The molecule has 1 amide bonds. The summed E-state index contributed by atoms with van der Waals surface area (Å²) in [5.74, 6) is 0.589. The SMILES string of the molecule is CC(C)CNC(=O)CCc1ccc(O)c(N)c1. The maximum absolute atomic E-state index is 11.5. The molecule has 1 aromatic rings. The van der Waals surface area contributed by atoms with Crippen LogP contribution in [0.4, 0.5) is 5.69 Å². The van der Waals surface area contributed by atoms with Crippen LogP contribution in [0.15, 0.2) is 18.2 Å². The fourth-order valence-electron chi connectivity index (χ4n) is 1.42. The molecule has 0 aliphatic carbocycles. The fraction of sp³-hybridized carbons (Fsp3) is 0.462. The Hall–Kier alpha value is -1.71. The summed E-state index contributed by atoms with van der Waals surface area (Å²) in [5, 5.41) is 12.1. The zero-order valence-electron chi connectivity index (χ0n) is 10.4. The number of phenolic OH excluding ortho intramolecular Hbond substituents is 1. The molecule has 1 rings (SSSR count). The fourth-order valence-corrected chi connectivity index (χ4v) is 1.42. The second-order valence-corrected chi connectivity index (χ2v) is 4.59. The van der Waals surface area contributed by atoms with Gasteiger partial charge in [0.15, 0.2) is 0 Å². The summed E-state index contributed by atoms with van der Waals surface area (Å²) < 4.78 is 0. The summed E-state index contributed by atoms with van der Waals surface area (Å²) in [6, 6.07) is 5.03. The van der Waals surface area contributed by atoms with E-state index in [0.29, 0.717) is 31.0 Å². The summed E-state index contributed by atoms with van der Waals surface area (Å²) in [5.41, 5.74) is 6.89. The van der Waals surface area contributed by atoms with E-state index in [-0.39, 0.29) is 11.7 Å². The molecule has 0 fully saturated rings. The van der Waals surface area contributed by atoms with E-state index in [1.54, 1.807) is 18.2 Å². The van der Waals surface area contributed by atoms with E-state index in [1.165, 1.54) is 0 Å². The Morgan fingerprint density at radius 2 is 2.18 bits per heavy atom. The standard InChI is InChI=1S/C13H20N2O2/c1-9(2)8-15-13(17)6-4-10-3-5-12(16)11(14)7-10/h3,5,7,9,16H,4,6,8,14H2,1-2H3,(H,15,17). The first kappa shape index (κ1) is 13.4. The highest BCUT2D eigenvalue weighted by atomic mass is 16.3. The van der Waals surface area contributed by atoms with Crippen molar-refractivity contribution in [3.8, 4) is 5.75 Å². The van der Waals surface area contributed by atoms with Gasteiger partial charge in [-0.3, -0.25) is 4.79 Å². The smallest absolute Gasteiger partial charge is 0.220 e. The largest absolute Gasteiger partial charge is 0.506 e. The lowest BCUT2D eigenvalue weighted by Crippen LogP contribution is -2.27. The van der Waals surface area contributed by atoms with Gasteiger partial charge in [-0.25, -0.2) is 0 Å². The van der Waals surface area contributed by atoms with Crippen LogP contribution in [-0.4, -0.2) is 17.6 Å². The highest BCUT2D eigenvalue weighted by Crippen LogP contribution is 2.20. The molecule has 0 aromatic heterocycles. The van der Waals surface area contributed by atoms with Gasteiger partial charge in [0, 0.05) is 13.0 Å². The molecule has 0 aliphatic heterocycles. The van der Waals surface area contributed by atoms with Gasteiger partial charge in [-0.2, -0.15) is 0 Å². The molecule has 0 atom stereocenters. The van der Waals surface area contributed by atoms with Crippen molar-refractivity contribution in [3.63, 3.8) is 0 Å². The number of amides is 1. The molecule has 4 N–H and O–H groups in total. The third-order valence-corrected chi connectivity index (χ3v) is 2.44. The van der Waals surface area contributed by atoms with Crippen molar-refractivity contribution in [2.75, 3.05) is 12.3 Å². The van der Waals surface area contributed by atoms with E-state index in [9.17, 15) is 9.90 Å². The Morgan fingerprint density at radius 3 is 2.76 bits per heavy atom. The van der Waals surface area contributed by atoms with Crippen LogP contribution in [0, 0.1) is 5.92 Å². The molecule has 0 saturated carbocycles. The van der Waals surface area contributed by atoms with E-state index in [1.807, 2.05) is 0 Å². The number of aromatic hydroxyl groups is 1. The number of carbonyl (C=O) groups excluding carboxylic acids is 1. The number of anilines is 1. The van der Waals surface area contributed by atoms with Crippen LogP contribution in [0.3, 0.4) is 0 Å². The summed E-state index contributed by atoms with van der Waals surface area (Å²) in [6.45, 7) is 4.82. The third kappa shape index (κ3) is 4.76. The maximum atomic E-state index is 11.5. The van der Waals surface area contributed by atoms with E-state index < -0.39 is 0 Å². The van der Waals surface area contributed by atoms with Gasteiger partial charge < -0.3 is 16.2 Å². The third-order valence-electron chi connectivity index (χ3n) is 2.44. The van der Waals surface area contributed by atoms with Crippen LogP contribution >= 0.6 is 0 Å². The summed E-state index contributed by atoms with van der Waals surface area (Å²) in [4.78, 5) is 11.5. The van der Waals surface area contributed by atoms with Crippen molar-refractivity contribution in [2.45, 2.75) is 26.7 Å². The lowest BCUT2D eigenvalue weighted by atomic mass is 10.1. The molecule has 0 bridgehead atoms. The molecule has 0 unspecified atom stereocenters. The zero-order chi connectivity index (χ0) is 12.8. The number of aryl methyl sites for hydroxylation is 1. The van der Waals surface area contributed by atoms with Gasteiger partial charge in [-0.1, -0.05) is 19.9 Å². The monoisotopic (exact) mass is 236 g/mol. The van der Waals surface area contributed by atoms with Crippen LogP contribution < -0.4 is 11.1 Å². The van der Waals surface area contributed by atoms with E-state index in [0.717, 1.165) is 5.56 Å². The minimum Gasteiger partial charge on any atom is -0.506 e. The molecule has 0 radical (unpaired) electrons.